The van der Waals surface area contributed by atoms with Crippen LogP contribution in [-0.2, 0) is 14.3 Å². The first-order chi connectivity index (χ1) is 13.8. The smallest absolute Gasteiger partial charge is 0.331 e. The minimum atomic E-state index is -0.989. The predicted molar refractivity (Wildman–Crippen MR) is 110 cm³/mol. The van der Waals surface area contributed by atoms with Crippen LogP contribution in [0.4, 0.5) is 5.82 Å². The van der Waals surface area contributed by atoms with Crippen LogP contribution in [0.3, 0.4) is 0 Å². The van der Waals surface area contributed by atoms with E-state index in [1.807, 2.05) is 13.8 Å². The molecule has 1 heterocycles. The molecular formula is C20H24ClN3O5. The van der Waals surface area contributed by atoms with Crippen LogP contribution in [0.5, 0.6) is 11.5 Å². The lowest BCUT2D eigenvalue weighted by molar-refractivity contribution is -0.148. The first kappa shape index (κ1) is 22.3. The van der Waals surface area contributed by atoms with E-state index < -0.39 is 18.0 Å². The van der Waals surface area contributed by atoms with Crippen molar-refractivity contribution in [2.24, 2.45) is 0 Å². The van der Waals surface area contributed by atoms with Crippen molar-refractivity contribution in [1.82, 2.24) is 9.78 Å². The van der Waals surface area contributed by atoms with E-state index in [2.05, 4.69) is 10.4 Å². The molecule has 0 saturated heterocycles. The van der Waals surface area contributed by atoms with Gasteiger partial charge in [0.15, 0.2) is 17.6 Å². The fourth-order valence-electron chi connectivity index (χ4n) is 2.52. The van der Waals surface area contributed by atoms with Crippen LogP contribution < -0.4 is 14.8 Å². The van der Waals surface area contributed by atoms with Crippen molar-refractivity contribution in [2.45, 2.75) is 32.9 Å². The zero-order valence-corrected chi connectivity index (χ0v) is 17.7. The summed E-state index contributed by atoms with van der Waals surface area (Å²) in [5.41, 5.74) is 0.613. The number of hydrogen-bond acceptors (Lipinski definition) is 6. The van der Waals surface area contributed by atoms with Crippen LogP contribution in [-0.4, -0.2) is 42.0 Å². The van der Waals surface area contributed by atoms with Crippen LogP contribution in [0, 0.1) is 0 Å². The van der Waals surface area contributed by atoms with E-state index in [9.17, 15) is 9.59 Å². The number of nitrogens with one attached hydrogen (secondary N) is 1. The van der Waals surface area contributed by atoms with Gasteiger partial charge in [0.25, 0.3) is 5.91 Å². The van der Waals surface area contributed by atoms with Gasteiger partial charge >= 0.3 is 5.97 Å². The van der Waals surface area contributed by atoms with Gasteiger partial charge in [-0.3, -0.25) is 4.79 Å². The minimum absolute atomic E-state index is 0.0781. The number of ether oxygens (including phenoxy) is 3. The molecule has 1 aromatic carbocycles. The maximum Gasteiger partial charge on any atom is 0.331 e. The molecule has 2 aromatic rings. The van der Waals surface area contributed by atoms with Gasteiger partial charge in [0, 0.05) is 18.2 Å². The molecule has 0 unspecified atom stereocenters. The maximum absolute atomic E-state index is 12.3. The number of benzene rings is 1. The molecule has 1 aromatic heterocycles. The number of aromatic nitrogens is 2. The second-order valence-electron chi connectivity index (χ2n) is 6.39. The lowest BCUT2D eigenvalue weighted by Gasteiger charge is -2.15. The number of methoxy groups -OCH3 is 2. The zero-order valence-electron chi connectivity index (χ0n) is 16.9. The zero-order chi connectivity index (χ0) is 21.6. The SMILES string of the molecule is COc1cc(/C=C/C(=O)O[C@H](C)C(=O)Nc2ccnn2C(C)C)cc(Cl)c1OC. The Labute approximate surface area is 174 Å². The summed E-state index contributed by atoms with van der Waals surface area (Å²) in [6.07, 6.45) is 3.31. The van der Waals surface area contributed by atoms with E-state index in [4.69, 9.17) is 25.8 Å². The Bertz CT molecular complexity index is 908. The third-order valence-electron chi connectivity index (χ3n) is 3.94. The molecule has 156 valence electrons. The highest BCUT2D eigenvalue weighted by Crippen LogP contribution is 2.36. The molecule has 2 rings (SSSR count). The van der Waals surface area contributed by atoms with Crippen molar-refractivity contribution in [3.63, 3.8) is 0 Å². The molecule has 0 aliphatic heterocycles. The van der Waals surface area contributed by atoms with Gasteiger partial charge < -0.3 is 19.5 Å². The van der Waals surface area contributed by atoms with E-state index in [-0.39, 0.29) is 6.04 Å². The molecule has 1 N–H and O–H groups in total. The lowest BCUT2D eigenvalue weighted by atomic mass is 10.2. The second-order valence-corrected chi connectivity index (χ2v) is 6.80. The van der Waals surface area contributed by atoms with Crippen molar-refractivity contribution < 1.29 is 23.8 Å². The number of amides is 1. The van der Waals surface area contributed by atoms with E-state index in [1.165, 1.54) is 33.3 Å². The monoisotopic (exact) mass is 421 g/mol. The van der Waals surface area contributed by atoms with Crippen molar-refractivity contribution in [1.29, 1.82) is 0 Å². The van der Waals surface area contributed by atoms with Crippen LogP contribution in [0.2, 0.25) is 5.02 Å². The Hall–Kier alpha value is -3.00. The predicted octanol–water partition coefficient (Wildman–Crippen LogP) is 3.72. The third kappa shape index (κ3) is 5.74. The molecule has 9 heteroatoms. The Balaban J connectivity index is 2.00. The summed E-state index contributed by atoms with van der Waals surface area (Å²) in [5, 5.41) is 7.18. The number of hydrogen-bond donors (Lipinski definition) is 1. The normalized spacial score (nSPS) is 12.1. The van der Waals surface area contributed by atoms with Crippen LogP contribution in [0.25, 0.3) is 6.08 Å². The minimum Gasteiger partial charge on any atom is -0.493 e. The summed E-state index contributed by atoms with van der Waals surface area (Å²) in [7, 11) is 2.97. The number of rotatable bonds is 8. The molecule has 0 spiro atoms. The van der Waals surface area contributed by atoms with Gasteiger partial charge in [-0.25, -0.2) is 9.48 Å². The van der Waals surface area contributed by atoms with Gasteiger partial charge in [-0.05, 0) is 44.5 Å². The molecule has 8 nitrogen and oxygen atoms in total. The number of nitrogens with zero attached hydrogens (tertiary/aromatic N) is 2. The fourth-order valence-corrected chi connectivity index (χ4v) is 2.81. The number of anilines is 1. The Morgan fingerprint density at radius 2 is 1.93 bits per heavy atom. The van der Waals surface area contributed by atoms with Gasteiger partial charge in [-0.15, -0.1) is 0 Å². The topological polar surface area (TPSA) is 91.7 Å². The van der Waals surface area contributed by atoms with Gasteiger partial charge in [0.1, 0.15) is 5.82 Å². The van der Waals surface area contributed by atoms with Gasteiger partial charge in [-0.1, -0.05) is 11.6 Å². The molecule has 29 heavy (non-hydrogen) atoms. The Kier molecular flexibility index (Phi) is 7.67. The summed E-state index contributed by atoms with van der Waals surface area (Å²) >= 11 is 6.14. The molecule has 0 aliphatic rings. The van der Waals surface area contributed by atoms with Crippen molar-refractivity contribution in [2.75, 3.05) is 19.5 Å². The van der Waals surface area contributed by atoms with Gasteiger partial charge in [-0.2, -0.15) is 5.10 Å². The maximum atomic E-state index is 12.3. The van der Waals surface area contributed by atoms with Gasteiger partial charge in [0.2, 0.25) is 0 Å². The standard InChI is InChI=1S/C20H24ClN3O5/c1-12(2)24-17(8-9-22-24)23-20(26)13(3)29-18(25)7-6-14-10-15(21)19(28-5)16(11-14)27-4/h6-13H,1-5H3,(H,23,26)/b7-6+/t13-/m1/s1. The van der Waals surface area contributed by atoms with Crippen molar-refractivity contribution >= 4 is 35.4 Å². The van der Waals surface area contributed by atoms with Crippen LogP contribution in [0.1, 0.15) is 32.4 Å². The van der Waals surface area contributed by atoms with E-state index >= 15 is 0 Å². The molecular weight excluding hydrogens is 398 g/mol. The third-order valence-corrected chi connectivity index (χ3v) is 4.22. The number of carbonyl (C=O) groups is 2. The summed E-state index contributed by atoms with van der Waals surface area (Å²) in [5.74, 6) is 0.241. The van der Waals surface area contributed by atoms with E-state index in [1.54, 1.807) is 29.1 Å². The molecule has 0 radical (unpaired) electrons. The molecule has 0 fully saturated rings. The summed E-state index contributed by atoms with van der Waals surface area (Å²) < 4.78 is 17.2. The highest BCUT2D eigenvalue weighted by Gasteiger charge is 2.19. The van der Waals surface area contributed by atoms with Gasteiger partial charge in [0.05, 0.1) is 25.4 Å². The Morgan fingerprint density at radius 3 is 2.55 bits per heavy atom. The van der Waals surface area contributed by atoms with E-state index in [0.717, 1.165) is 0 Å². The van der Waals surface area contributed by atoms with Crippen LogP contribution >= 0.6 is 11.6 Å². The second kappa shape index (κ2) is 9.97. The molecule has 1 amide bonds. The number of halogens is 1. The molecule has 0 aliphatic carbocycles. The Morgan fingerprint density at radius 1 is 1.21 bits per heavy atom. The van der Waals surface area contributed by atoms with Crippen LogP contribution in [0.15, 0.2) is 30.5 Å². The molecule has 1 atom stereocenters. The van der Waals surface area contributed by atoms with E-state index in [0.29, 0.717) is 27.9 Å². The molecule has 0 bridgehead atoms. The van der Waals surface area contributed by atoms with Crippen molar-refractivity contribution in [3.05, 3.63) is 41.1 Å². The average Bonchev–Trinajstić information content (AvgIpc) is 3.14. The fraction of sp³-hybridized carbons (Fsp3) is 0.350. The van der Waals surface area contributed by atoms with Crippen molar-refractivity contribution in [3.8, 4) is 11.5 Å². The molecule has 0 saturated carbocycles. The number of carbonyl (C=O) groups excluding carboxylic acids is 2. The highest BCUT2D eigenvalue weighted by molar-refractivity contribution is 6.32. The lowest BCUT2D eigenvalue weighted by Crippen LogP contribution is -2.30. The summed E-state index contributed by atoms with van der Waals surface area (Å²) in [6, 6.07) is 5.04. The quantitative estimate of drug-likeness (QED) is 0.516. The largest absolute Gasteiger partial charge is 0.493 e. The number of esters is 1. The summed E-state index contributed by atoms with van der Waals surface area (Å²) in [6.45, 7) is 5.37. The highest BCUT2D eigenvalue weighted by atomic mass is 35.5. The summed E-state index contributed by atoms with van der Waals surface area (Å²) in [4.78, 5) is 24.4. The first-order valence-corrected chi connectivity index (χ1v) is 9.29. The first-order valence-electron chi connectivity index (χ1n) is 8.91. The average molecular weight is 422 g/mol.